The van der Waals surface area contributed by atoms with E-state index in [9.17, 15) is 0 Å². The third-order valence-electron chi connectivity index (χ3n) is 8.78. The number of hydrogen-bond acceptors (Lipinski definition) is 2. The third kappa shape index (κ3) is 3.47. The van der Waals surface area contributed by atoms with Crippen molar-refractivity contribution in [1.82, 2.24) is 9.38 Å². The van der Waals surface area contributed by atoms with Crippen LogP contribution >= 0.6 is 6.04 Å². The number of imidazole rings is 1. The Labute approximate surface area is 253 Å². The number of nitrogens with zero attached hydrogens (tertiary/aromatic N) is 2. The van der Waals surface area contributed by atoms with E-state index >= 15 is 0 Å². The third-order valence-corrected chi connectivity index (χ3v) is 13.7. The molecule has 0 saturated heterocycles. The summed E-state index contributed by atoms with van der Waals surface area (Å²) in [6, 6.07) is 51.8. The lowest BCUT2D eigenvalue weighted by atomic mass is 9.97. The molecule has 0 unspecified atom stereocenters. The number of para-hydroxylation sites is 2. The summed E-state index contributed by atoms with van der Waals surface area (Å²) < 4.78 is 2.41. The average molecular weight is 585 g/mol. The van der Waals surface area contributed by atoms with Crippen LogP contribution < -0.4 is 15.9 Å². The number of benzene rings is 7. The Hall–Kier alpha value is -4.82. The molecule has 9 aromatic rings. The smallest absolute Gasteiger partial charge is 0.147 e. The second-order valence-electron chi connectivity index (χ2n) is 11.1. The quantitative estimate of drug-likeness (QED) is 0.117. The maximum absolute atomic E-state index is 7.09. The van der Waals surface area contributed by atoms with Gasteiger partial charge in [-0.05, 0) is 55.7 Å². The lowest BCUT2D eigenvalue weighted by molar-refractivity contribution is 1.33. The van der Waals surface area contributed by atoms with Gasteiger partial charge in [0.1, 0.15) is 5.65 Å². The standard InChI is InChI=1S/C39H25N2PS/c43-42(28-15-3-1-4-16-28,29-17-5-2-6-18-29)38-31-20-10-8-14-27(31)25-33-32-24-23-26-13-7-9-19-30(26)36(32)39-40-34-21-11-12-22-35(34)41(39)37(33)38/h1-25H. The van der Waals surface area contributed by atoms with Crippen LogP contribution in [0.1, 0.15) is 0 Å². The summed E-state index contributed by atoms with van der Waals surface area (Å²) in [6.07, 6.45) is 0. The van der Waals surface area contributed by atoms with Gasteiger partial charge in [0.2, 0.25) is 0 Å². The Morgan fingerprint density at radius 3 is 1.86 bits per heavy atom. The zero-order valence-corrected chi connectivity index (χ0v) is 24.9. The molecule has 0 fully saturated rings. The first-order chi connectivity index (χ1) is 21.2. The van der Waals surface area contributed by atoms with Crippen molar-refractivity contribution in [2.45, 2.75) is 0 Å². The Balaban J connectivity index is 1.64. The molecule has 0 aliphatic rings. The molecule has 9 rings (SSSR count). The molecule has 2 heterocycles. The zero-order valence-electron chi connectivity index (χ0n) is 23.2. The minimum atomic E-state index is -2.57. The van der Waals surface area contributed by atoms with Crippen molar-refractivity contribution in [2.75, 3.05) is 0 Å². The van der Waals surface area contributed by atoms with Crippen LogP contribution in [-0.4, -0.2) is 9.38 Å². The van der Waals surface area contributed by atoms with Crippen LogP contribution in [0.5, 0.6) is 0 Å². The number of fused-ring (bicyclic) bond motifs is 11. The summed E-state index contributed by atoms with van der Waals surface area (Å²) in [5.41, 5.74) is 4.20. The van der Waals surface area contributed by atoms with Gasteiger partial charge in [0, 0.05) is 22.1 Å². The van der Waals surface area contributed by atoms with Gasteiger partial charge in [-0.25, -0.2) is 4.98 Å². The Morgan fingerprint density at radius 1 is 0.512 bits per heavy atom. The van der Waals surface area contributed by atoms with Gasteiger partial charge in [0.15, 0.2) is 0 Å². The molecule has 0 radical (unpaired) electrons. The molecule has 0 aliphatic carbocycles. The van der Waals surface area contributed by atoms with Crippen LogP contribution in [0.2, 0.25) is 0 Å². The summed E-state index contributed by atoms with van der Waals surface area (Å²) in [5, 5.41) is 12.0. The van der Waals surface area contributed by atoms with E-state index in [2.05, 4.69) is 156 Å². The first-order valence-electron chi connectivity index (χ1n) is 14.5. The minimum absolute atomic E-state index is 0.972. The molecule has 4 heteroatoms. The highest BCUT2D eigenvalue weighted by Gasteiger charge is 2.31. The van der Waals surface area contributed by atoms with Crippen molar-refractivity contribution >= 4 is 93.7 Å². The van der Waals surface area contributed by atoms with Crippen molar-refractivity contribution in [1.29, 1.82) is 0 Å². The summed E-state index contributed by atoms with van der Waals surface area (Å²) in [5.74, 6) is 0. The molecule has 0 saturated carbocycles. The molecular weight excluding hydrogens is 559 g/mol. The predicted molar refractivity (Wildman–Crippen MR) is 189 cm³/mol. The van der Waals surface area contributed by atoms with E-state index in [0.717, 1.165) is 22.2 Å². The summed E-state index contributed by atoms with van der Waals surface area (Å²) in [4.78, 5) is 5.33. The van der Waals surface area contributed by atoms with Crippen molar-refractivity contribution < 1.29 is 0 Å². The molecule has 43 heavy (non-hydrogen) atoms. The molecule has 0 spiro atoms. The van der Waals surface area contributed by atoms with Crippen molar-refractivity contribution in [3.8, 4) is 0 Å². The lowest BCUT2D eigenvalue weighted by Gasteiger charge is -2.28. The number of rotatable bonds is 3. The number of aromatic nitrogens is 2. The van der Waals surface area contributed by atoms with Crippen LogP contribution in [-0.2, 0) is 11.8 Å². The topological polar surface area (TPSA) is 17.3 Å². The van der Waals surface area contributed by atoms with Gasteiger partial charge in [-0.3, -0.25) is 4.40 Å². The molecule has 0 N–H and O–H groups in total. The van der Waals surface area contributed by atoms with E-state index in [0.29, 0.717) is 0 Å². The maximum Gasteiger partial charge on any atom is 0.147 e. The van der Waals surface area contributed by atoms with E-state index in [1.165, 1.54) is 53.6 Å². The van der Waals surface area contributed by atoms with Gasteiger partial charge in [-0.15, -0.1) is 0 Å². The normalized spacial score (nSPS) is 12.3. The van der Waals surface area contributed by atoms with Crippen molar-refractivity contribution in [3.63, 3.8) is 0 Å². The second kappa shape index (κ2) is 9.34. The second-order valence-corrected chi connectivity index (χ2v) is 15.4. The Kier molecular flexibility index (Phi) is 5.38. The first kappa shape index (κ1) is 24.7. The first-order valence-corrected chi connectivity index (χ1v) is 17.3. The van der Waals surface area contributed by atoms with Crippen LogP contribution in [0.3, 0.4) is 0 Å². The number of hydrogen-bond donors (Lipinski definition) is 0. The SMILES string of the molecule is S=P(c1ccccc1)(c1ccccc1)c1c2ccccc2cc2c3ccc4ccccc4c3c3nc4ccccc4n3c12. The van der Waals surface area contributed by atoms with Crippen molar-refractivity contribution in [2.24, 2.45) is 0 Å². The van der Waals surface area contributed by atoms with E-state index in [1.54, 1.807) is 0 Å². The molecule has 0 bridgehead atoms. The van der Waals surface area contributed by atoms with Crippen LogP contribution in [0.4, 0.5) is 0 Å². The van der Waals surface area contributed by atoms with E-state index in [-0.39, 0.29) is 0 Å². The molecule has 202 valence electrons. The van der Waals surface area contributed by atoms with Gasteiger partial charge >= 0.3 is 0 Å². The Morgan fingerprint density at radius 2 is 1.12 bits per heavy atom. The van der Waals surface area contributed by atoms with Gasteiger partial charge in [0.05, 0.1) is 16.6 Å². The van der Waals surface area contributed by atoms with E-state index in [1.807, 2.05) is 0 Å². The fourth-order valence-corrected chi connectivity index (χ4v) is 11.3. The highest BCUT2D eigenvalue weighted by molar-refractivity contribution is 8.25. The van der Waals surface area contributed by atoms with Gasteiger partial charge in [-0.1, -0.05) is 145 Å². The highest BCUT2D eigenvalue weighted by atomic mass is 32.4. The summed E-state index contributed by atoms with van der Waals surface area (Å²) >= 11 is 7.09. The van der Waals surface area contributed by atoms with Crippen LogP contribution in [0.25, 0.3) is 59.9 Å². The van der Waals surface area contributed by atoms with E-state index < -0.39 is 6.04 Å². The molecule has 0 aliphatic heterocycles. The maximum atomic E-state index is 7.09. The van der Waals surface area contributed by atoms with Crippen LogP contribution in [0, 0.1) is 0 Å². The molecule has 0 amide bonds. The summed E-state index contributed by atoms with van der Waals surface area (Å²) in [6.45, 7) is 0. The molecule has 0 atom stereocenters. The van der Waals surface area contributed by atoms with E-state index in [4.69, 9.17) is 16.8 Å². The predicted octanol–water partition coefficient (Wildman–Crippen LogP) is 8.86. The lowest BCUT2D eigenvalue weighted by Crippen LogP contribution is -2.27. The van der Waals surface area contributed by atoms with Crippen LogP contribution in [0.15, 0.2) is 152 Å². The fraction of sp³-hybridized carbons (Fsp3) is 0. The largest absolute Gasteiger partial charge is 0.291 e. The fourth-order valence-electron chi connectivity index (χ4n) is 6.91. The zero-order chi connectivity index (χ0) is 28.5. The Bertz CT molecular complexity index is 2540. The van der Waals surface area contributed by atoms with Gasteiger partial charge in [-0.2, -0.15) is 0 Å². The monoisotopic (exact) mass is 584 g/mol. The van der Waals surface area contributed by atoms with Gasteiger partial charge < -0.3 is 0 Å². The molecule has 2 nitrogen and oxygen atoms in total. The molecule has 7 aromatic carbocycles. The summed E-state index contributed by atoms with van der Waals surface area (Å²) in [7, 11) is 0. The number of pyridine rings is 1. The molecular formula is C39H25N2PS. The average Bonchev–Trinajstić information content (AvgIpc) is 3.47. The van der Waals surface area contributed by atoms with Crippen molar-refractivity contribution in [3.05, 3.63) is 152 Å². The van der Waals surface area contributed by atoms with Gasteiger partial charge in [0.25, 0.3) is 0 Å². The molecule has 2 aromatic heterocycles. The minimum Gasteiger partial charge on any atom is -0.291 e. The highest BCUT2D eigenvalue weighted by Crippen LogP contribution is 2.49.